The highest BCUT2D eigenvalue weighted by atomic mass is 32.1. The maximum absolute atomic E-state index is 11.8. The monoisotopic (exact) mass is 328 g/mol. The molecular formula is C18H20N2O2S. The van der Waals surface area contributed by atoms with Gasteiger partial charge in [-0.1, -0.05) is 18.2 Å². The molecule has 0 bridgehead atoms. The van der Waals surface area contributed by atoms with E-state index in [0.29, 0.717) is 10.7 Å². The Morgan fingerprint density at radius 2 is 1.70 bits per heavy atom. The second kappa shape index (κ2) is 7.74. The summed E-state index contributed by atoms with van der Waals surface area (Å²) < 4.78 is 5.15. The minimum atomic E-state index is -0.327. The van der Waals surface area contributed by atoms with Crippen LogP contribution in [0.15, 0.2) is 48.5 Å². The Morgan fingerprint density at radius 1 is 1.04 bits per heavy atom. The number of hydrogen-bond acceptors (Lipinski definition) is 3. The van der Waals surface area contributed by atoms with Crippen LogP contribution in [-0.4, -0.2) is 17.2 Å². The molecule has 2 rings (SSSR count). The quantitative estimate of drug-likeness (QED) is 0.645. The van der Waals surface area contributed by atoms with E-state index in [2.05, 4.69) is 10.6 Å². The van der Waals surface area contributed by atoms with Gasteiger partial charge in [-0.25, -0.2) is 4.79 Å². The van der Waals surface area contributed by atoms with Crippen molar-refractivity contribution in [1.29, 1.82) is 0 Å². The molecule has 0 saturated heterocycles. The maximum atomic E-state index is 11.8. The molecule has 0 unspecified atom stereocenters. The van der Waals surface area contributed by atoms with Gasteiger partial charge < -0.3 is 15.4 Å². The lowest BCUT2D eigenvalue weighted by Gasteiger charge is -2.13. The molecule has 0 radical (unpaired) electrons. The Bertz CT molecular complexity index is 696. The van der Waals surface area contributed by atoms with Crippen LogP contribution in [0.4, 0.5) is 11.4 Å². The smallest absolute Gasteiger partial charge is 0.338 e. The van der Waals surface area contributed by atoms with Gasteiger partial charge in [-0.3, -0.25) is 0 Å². The second-order valence-electron chi connectivity index (χ2n) is 5.43. The topological polar surface area (TPSA) is 50.4 Å². The number of rotatable bonds is 4. The molecule has 0 aliphatic heterocycles. The van der Waals surface area contributed by atoms with Crippen LogP contribution in [0.25, 0.3) is 0 Å². The highest BCUT2D eigenvalue weighted by Gasteiger charge is 2.09. The Morgan fingerprint density at radius 3 is 2.30 bits per heavy atom. The fourth-order valence-electron chi connectivity index (χ4n) is 1.97. The molecule has 2 N–H and O–H groups in total. The number of carbonyl (C=O) groups excluding carboxylic acids is 1. The van der Waals surface area contributed by atoms with Gasteiger partial charge in [0, 0.05) is 11.4 Å². The van der Waals surface area contributed by atoms with Gasteiger partial charge in [0.15, 0.2) is 5.11 Å². The van der Waals surface area contributed by atoms with Crippen LogP contribution < -0.4 is 10.6 Å². The van der Waals surface area contributed by atoms with Crippen LogP contribution in [0.1, 0.15) is 29.8 Å². The Balaban J connectivity index is 1.97. The Hall–Kier alpha value is -2.40. The first-order valence-electron chi connectivity index (χ1n) is 7.40. The lowest BCUT2D eigenvalue weighted by atomic mass is 10.2. The van der Waals surface area contributed by atoms with Gasteiger partial charge in [0.1, 0.15) is 0 Å². The molecule has 0 saturated carbocycles. The van der Waals surface area contributed by atoms with Crippen molar-refractivity contribution in [3.8, 4) is 0 Å². The molecule has 0 atom stereocenters. The van der Waals surface area contributed by atoms with E-state index in [1.54, 1.807) is 24.3 Å². The first-order valence-corrected chi connectivity index (χ1v) is 7.81. The number of para-hydroxylation sites is 1. The van der Waals surface area contributed by atoms with Gasteiger partial charge in [0.2, 0.25) is 0 Å². The second-order valence-corrected chi connectivity index (χ2v) is 5.83. The van der Waals surface area contributed by atoms with Crippen LogP contribution in [-0.2, 0) is 4.74 Å². The largest absolute Gasteiger partial charge is 0.459 e. The molecule has 0 heterocycles. The van der Waals surface area contributed by atoms with Crippen LogP contribution in [0.2, 0.25) is 0 Å². The fourth-order valence-corrected chi connectivity index (χ4v) is 2.20. The van der Waals surface area contributed by atoms with Gasteiger partial charge in [-0.05, 0) is 68.9 Å². The minimum Gasteiger partial charge on any atom is -0.459 e. The molecule has 0 amide bonds. The summed E-state index contributed by atoms with van der Waals surface area (Å²) >= 11 is 5.31. The number of ether oxygens (including phenoxy) is 1. The molecule has 0 aliphatic carbocycles. The summed E-state index contributed by atoms with van der Waals surface area (Å²) in [5.41, 5.74) is 3.39. The average Bonchev–Trinajstić information content (AvgIpc) is 2.49. The predicted octanol–water partition coefficient (Wildman–Crippen LogP) is 4.37. The number of thiocarbonyl (C=S) groups is 1. The molecule has 120 valence electrons. The van der Waals surface area contributed by atoms with Crippen molar-refractivity contribution < 1.29 is 9.53 Å². The maximum Gasteiger partial charge on any atom is 0.338 e. The van der Waals surface area contributed by atoms with Crippen molar-refractivity contribution in [3.05, 3.63) is 59.7 Å². The van der Waals surface area contributed by atoms with E-state index < -0.39 is 0 Å². The number of aryl methyl sites for hydroxylation is 1. The summed E-state index contributed by atoms with van der Waals surface area (Å²) in [7, 11) is 0. The summed E-state index contributed by atoms with van der Waals surface area (Å²) in [5.74, 6) is -0.327. The molecule has 5 heteroatoms. The highest BCUT2D eigenvalue weighted by Crippen LogP contribution is 2.15. The number of nitrogens with one attached hydrogen (secondary N) is 2. The van der Waals surface area contributed by atoms with Crippen LogP contribution >= 0.6 is 12.2 Å². The fraction of sp³-hybridized carbons (Fsp3) is 0.222. The van der Waals surface area contributed by atoms with Gasteiger partial charge in [-0.15, -0.1) is 0 Å². The predicted molar refractivity (Wildman–Crippen MR) is 98.0 cm³/mol. The van der Waals surface area contributed by atoms with Gasteiger partial charge >= 0.3 is 5.97 Å². The van der Waals surface area contributed by atoms with Crippen LogP contribution in [0, 0.1) is 6.92 Å². The van der Waals surface area contributed by atoms with Crippen molar-refractivity contribution in [2.45, 2.75) is 26.9 Å². The summed E-state index contributed by atoms with van der Waals surface area (Å²) in [5, 5.41) is 6.74. The standard InChI is InChI=1S/C18H20N2O2S/c1-12(2)22-17(21)14-8-10-15(11-9-14)19-18(23)20-16-7-5-4-6-13(16)3/h4-12H,1-3H3,(H2,19,20,23). The summed E-state index contributed by atoms with van der Waals surface area (Å²) in [6.07, 6.45) is -0.133. The lowest BCUT2D eigenvalue weighted by Crippen LogP contribution is -2.19. The highest BCUT2D eigenvalue weighted by molar-refractivity contribution is 7.80. The van der Waals surface area contributed by atoms with E-state index in [1.165, 1.54) is 0 Å². The normalized spacial score (nSPS) is 10.3. The lowest BCUT2D eigenvalue weighted by molar-refractivity contribution is 0.0378. The molecule has 4 nitrogen and oxygen atoms in total. The van der Waals surface area contributed by atoms with Crippen molar-refractivity contribution in [2.24, 2.45) is 0 Å². The van der Waals surface area contributed by atoms with Crippen LogP contribution in [0.5, 0.6) is 0 Å². The number of hydrogen-bond donors (Lipinski definition) is 2. The van der Waals surface area contributed by atoms with Crippen molar-refractivity contribution >= 4 is 34.7 Å². The van der Waals surface area contributed by atoms with E-state index in [1.807, 2.05) is 45.0 Å². The number of benzene rings is 2. The first kappa shape index (κ1) is 17.0. The number of carbonyl (C=O) groups is 1. The molecule has 23 heavy (non-hydrogen) atoms. The van der Waals surface area contributed by atoms with E-state index in [-0.39, 0.29) is 12.1 Å². The zero-order chi connectivity index (χ0) is 16.8. The zero-order valence-electron chi connectivity index (χ0n) is 13.4. The van der Waals surface area contributed by atoms with E-state index >= 15 is 0 Å². The van der Waals surface area contributed by atoms with Crippen molar-refractivity contribution in [3.63, 3.8) is 0 Å². The molecule has 2 aromatic carbocycles. The summed E-state index contributed by atoms with van der Waals surface area (Å²) in [4.78, 5) is 11.8. The minimum absolute atomic E-state index is 0.133. The number of anilines is 2. The molecule has 0 aromatic heterocycles. The van der Waals surface area contributed by atoms with Crippen molar-refractivity contribution in [2.75, 3.05) is 10.6 Å². The Kier molecular flexibility index (Phi) is 5.71. The molecule has 2 aromatic rings. The Labute approximate surface area is 141 Å². The third-order valence-electron chi connectivity index (χ3n) is 3.11. The zero-order valence-corrected chi connectivity index (χ0v) is 14.2. The van der Waals surface area contributed by atoms with E-state index in [9.17, 15) is 4.79 Å². The van der Waals surface area contributed by atoms with Crippen LogP contribution in [0.3, 0.4) is 0 Å². The SMILES string of the molecule is Cc1ccccc1NC(=S)Nc1ccc(C(=O)OC(C)C)cc1. The van der Waals surface area contributed by atoms with Crippen molar-refractivity contribution in [1.82, 2.24) is 0 Å². The molecular weight excluding hydrogens is 308 g/mol. The van der Waals surface area contributed by atoms with Gasteiger partial charge in [0.05, 0.1) is 11.7 Å². The first-order chi connectivity index (χ1) is 11.0. The van der Waals surface area contributed by atoms with E-state index in [4.69, 9.17) is 17.0 Å². The molecule has 0 spiro atoms. The van der Waals surface area contributed by atoms with E-state index in [0.717, 1.165) is 16.9 Å². The third-order valence-corrected chi connectivity index (χ3v) is 3.32. The summed E-state index contributed by atoms with van der Waals surface area (Å²) in [6.45, 7) is 5.66. The molecule has 0 fully saturated rings. The van der Waals surface area contributed by atoms with Gasteiger partial charge in [-0.2, -0.15) is 0 Å². The average molecular weight is 328 g/mol. The van der Waals surface area contributed by atoms with Gasteiger partial charge in [0.25, 0.3) is 0 Å². The molecule has 0 aliphatic rings. The number of esters is 1. The third kappa shape index (κ3) is 5.07. The summed E-state index contributed by atoms with van der Waals surface area (Å²) in [6, 6.07) is 14.9.